The monoisotopic (exact) mass is 418 g/mol. The zero-order valence-electron chi connectivity index (χ0n) is 16.2. The van der Waals surface area contributed by atoms with Crippen LogP contribution in [0, 0.1) is 5.92 Å². The largest absolute Gasteiger partial charge is 0.349 e. The number of hydrogen-bond acceptors (Lipinski definition) is 4. The molecule has 1 N–H and O–H groups in total. The van der Waals surface area contributed by atoms with Crippen LogP contribution in [0.2, 0.25) is 0 Å². The Morgan fingerprint density at radius 1 is 1.07 bits per heavy atom. The number of piperidine rings is 1. The standard InChI is InChI=1S/C21H26N2O3S2/c1-16(17-8-10-19(27-2)11-9-17)22-21(24)18-12-14-23(15-13-18)28(25,26)20-6-4-3-5-7-20/h3-11,16,18H,12-15H2,1-2H3,(H,22,24). The summed E-state index contributed by atoms with van der Waals surface area (Å²) in [6.45, 7) is 2.71. The van der Waals surface area contributed by atoms with Crippen molar-refractivity contribution in [3.8, 4) is 0 Å². The van der Waals surface area contributed by atoms with Crippen LogP contribution < -0.4 is 5.32 Å². The first-order valence-electron chi connectivity index (χ1n) is 9.41. The Balaban J connectivity index is 1.56. The normalized spacial score (nSPS) is 17.2. The van der Waals surface area contributed by atoms with Crippen molar-refractivity contribution < 1.29 is 13.2 Å². The topological polar surface area (TPSA) is 66.5 Å². The van der Waals surface area contributed by atoms with Gasteiger partial charge in [0.15, 0.2) is 0 Å². The van der Waals surface area contributed by atoms with Gasteiger partial charge in [-0.2, -0.15) is 4.31 Å². The maximum absolute atomic E-state index is 12.7. The van der Waals surface area contributed by atoms with Gasteiger partial charge in [-0.05, 0) is 55.9 Å². The van der Waals surface area contributed by atoms with Crippen molar-refractivity contribution in [2.45, 2.75) is 35.6 Å². The molecule has 0 saturated carbocycles. The van der Waals surface area contributed by atoms with Crippen molar-refractivity contribution in [1.29, 1.82) is 0 Å². The first kappa shape index (κ1) is 20.9. The number of benzene rings is 2. The molecule has 1 heterocycles. The highest BCUT2D eigenvalue weighted by Gasteiger charge is 2.32. The molecule has 28 heavy (non-hydrogen) atoms. The summed E-state index contributed by atoms with van der Waals surface area (Å²) in [5.41, 5.74) is 1.07. The van der Waals surface area contributed by atoms with E-state index in [1.54, 1.807) is 42.1 Å². The molecule has 1 atom stereocenters. The molecule has 0 aromatic heterocycles. The van der Waals surface area contributed by atoms with Crippen molar-refractivity contribution in [1.82, 2.24) is 9.62 Å². The number of thioether (sulfide) groups is 1. The van der Waals surface area contributed by atoms with E-state index in [1.807, 2.05) is 25.3 Å². The van der Waals surface area contributed by atoms with E-state index in [0.29, 0.717) is 30.8 Å². The van der Waals surface area contributed by atoms with Crippen LogP contribution in [0.3, 0.4) is 0 Å². The van der Waals surface area contributed by atoms with Crippen LogP contribution in [0.5, 0.6) is 0 Å². The first-order chi connectivity index (χ1) is 13.4. The van der Waals surface area contributed by atoms with Gasteiger partial charge in [-0.3, -0.25) is 4.79 Å². The number of hydrogen-bond donors (Lipinski definition) is 1. The van der Waals surface area contributed by atoms with Gasteiger partial charge >= 0.3 is 0 Å². The van der Waals surface area contributed by atoms with E-state index in [4.69, 9.17) is 0 Å². The molecular formula is C21H26N2O3S2. The number of sulfonamides is 1. The molecule has 0 bridgehead atoms. The molecular weight excluding hydrogens is 392 g/mol. The Hall–Kier alpha value is -1.83. The van der Waals surface area contributed by atoms with E-state index < -0.39 is 10.0 Å². The predicted octanol–water partition coefficient (Wildman–Crippen LogP) is 3.69. The van der Waals surface area contributed by atoms with Crippen molar-refractivity contribution in [3.63, 3.8) is 0 Å². The molecule has 7 heteroatoms. The summed E-state index contributed by atoms with van der Waals surface area (Å²) in [4.78, 5) is 14.1. The fourth-order valence-corrected chi connectivity index (χ4v) is 5.31. The summed E-state index contributed by atoms with van der Waals surface area (Å²) in [5.74, 6) is -0.159. The molecule has 1 aliphatic heterocycles. The van der Waals surface area contributed by atoms with Crippen LogP contribution in [-0.2, 0) is 14.8 Å². The highest BCUT2D eigenvalue weighted by Crippen LogP contribution is 2.25. The fraction of sp³-hybridized carbons (Fsp3) is 0.381. The zero-order valence-corrected chi connectivity index (χ0v) is 17.8. The summed E-state index contributed by atoms with van der Waals surface area (Å²) in [5, 5.41) is 3.07. The molecule has 1 fully saturated rings. The first-order valence-corrected chi connectivity index (χ1v) is 12.1. The number of rotatable bonds is 6. The van der Waals surface area contributed by atoms with Crippen molar-refractivity contribution in [2.75, 3.05) is 19.3 Å². The smallest absolute Gasteiger partial charge is 0.243 e. The highest BCUT2D eigenvalue weighted by atomic mass is 32.2. The highest BCUT2D eigenvalue weighted by molar-refractivity contribution is 7.98. The minimum atomic E-state index is -3.48. The Morgan fingerprint density at radius 2 is 1.68 bits per heavy atom. The molecule has 2 aromatic carbocycles. The minimum absolute atomic E-state index is 0.00166. The molecule has 1 saturated heterocycles. The summed E-state index contributed by atoms with van der Waals surface area (Å²) in [6, 6.07) is 16.6. The van der Waals surface area contributed by atoms with Crippen LogP contribution >= 0.6 is 11.8 Å². The quantitative estimate of drug-likeness (QED) is 0.727. The second kappa shape index (κ2) is 9.11. The summed E-state index contributed by atoms with van der Waals surface area (Å²) in [6.07, 6.45) is 3.11. The van der Waals surface area contributed by atoms with Crippen LogP contribution in [0.4, 0.5) is 0 Å². The van der Waals surface area contributed by atoms with Gasteiger partial charge in [0.05, 0.1) is 10.9 Å². The van der Waals surface area contributed by atoms with E-state index in [2.05, 4.69) is 17.4 Å². The fourth-order valence-electron chi connectivity index (χ4n) is 3.41. The number of carbonyl (C=O) groups is 1. The Labute approximate surface area is 171 Å². The SMILES string of the molecule is CSc1ccc(C(C)NC(=O)C2CCN(S(=O)(=O)c3ccccc3)CC2)cc1. The maximum atomic E-state index is 12.7. The molecule has 0 radical (unpaired) electrons. The third-order valence-electron chi connectivity index (χ3n) is 5.18. The molecule has 2 aromatic rings. The Bertz CT molecular complexity index is 891. The summed E-state index contributed by atoms with van der Waals surface area (Å²) in [7, 11) is -3.48. The van der Waals surface area contributed by atoms with Gasteiger partial charge < -0.3 is 5.32 Å². The second-order valence-electron chi connectivity index (χ2n) is 6.99. The average Bonchev–Trinajstić information content (AvgIpc) is 2.74. The summed E-state index contributed by atoms with van der Waals surface area (Å²) >= 11 is 1.69. The Kier molecular flexibility index (Phi) is 6.80. The van der Waals surface area contributed by atoms with E-state index in [-0.39, 0.29) is 17.9 Å². The van der Waals surface area contributed by atoms with Gasteiger partial charge in [0.2, 0.25) is 15.9 Å². The van der Waals surface area contributed by atoms with Gasteiger partial charge in [0.25, 0.3) is 0 Å². The van der Waals surface area contributed by atoms with Crippen LogP contribution in [0.1, 0.15) is 31.4 Å². The van der Waals surface area contributed by atoms with Crippen LogP contribution in [0.15, 0.2) is 64.4 Å². The molecule has 5 nitrogen and oxygen atoms in total. The van der Waals surface area contributed by atoms with Crippen molar-refractivity contribution in [2.24, 2.45) is 5.92 Å². The van der Waals surface area contributed by atoms with Gasteiger partial charge in [-0.25, -0.2) is 8.42 Å². The third-order valence-corrected chi connectivity index (χ3v) is 7.84. The second-order valence-corrected chi connectivity index (χ2v) is 9.81. The van der Waals surface area contributed by atoms with Crippen molar-refractivity contribution in [3.05, 3.63) is 60.2 Å². The molecule has 3 rings (SSSR count). The average molecular weight is 419 g/mol. The van der Waals surface area contributed by atoms with Crippen LogP contribution in [0.25, 0.3) is 0 Å². The van der Waals surface area contributed by atoms with E-state index in [9.17, 15) is 13.2 Å². The van der Waals surface area contributed by atoms with E-state index in [1.165, 1.54) is 9.20 Å². The molecule has 150 valence electrons. The van der Waals surface area contributed by atoms with Gasteiger partial charge in [-0.1, -0.05) is 30.3 Å². The lowest BCUT2D eigenvalue weighted by Gasteiger charge is -2.31. The summed E-state index contributed by atoms with van der Waals surface area (Å²) < 4.78 is 26.9. The molecule has 0 spiro atoms. The zero-order chi connectivity index (χ0) is 20.1. The Morgan fingerprint density at radius 3 is 2.25 bits per heavy atom. The third kappa shape index (κ3) is 4.77. The van der Waals surface area contributed by atoms with E-state index >= 15 is 0 Å². The number of amides is 1. The molecule has 1 aliphatic rings. The molecule has 1 unspecified atom stereocenters. The molecule has 0 aliphatic carbocycles. The van der Waals surface area contributed by atoms with Gasteiger partial charge in [-0.15, -0.1) is 11.8 Å². The lowest BCUT2D eigenvalue weighted by molar-refractivity contribution is -0.126. The minimum Gasteiger partial charge on any atom is -0.349 e. The van der Waals surface area contributed by atoms with Crippen molar-refractivity contribution >= 4 is 27.7 Å². The van der Waals surface area contributed by atoms with Gasteiger partial charge in [0.1, 0.15) is 0 Å². The van der Waals surface area contributed by atoms with Gasteiger partial charge in [0, 0.05) is 23.9 Å². The lowest BCUT2D eigenvalue weighted by Crippen LogP contribution is -2.43. The molecule has 1 amide bonds. The van der Waals surface area contributed by atoms with E-state index in [0.717, 1.165) is 5.56 Å². The number of nitrogens with one attached hydrogen (secondary N) is 1. The number of nitrogens with zero attached hydrogens (tertiary/aromatic N) is 1. The van der Waals surface area contributed by atoms with Crippen LogP contribution in [-0.4, -0.2) is 38.0 Å². The maximum Gasteiger partial charge on any atom is 0.243 e. The lowest BCUT2D eigenvalue weighted by atomic mass is 9.96. The number of carbonyl (C=O) groups excluding carboxylic acids is 1. The predicted molar refractivity (Wildman–Crippen MR) is 113 cm³/mol.